The van der Waals surface area contributed by atoms with Crippen molar-refractivity contribution in [1.29, 1.82) is 0 Å². The van der Waals surface area contributed by atoms with Gasteiger partial charge in [-0.05, 0) is 68.7 Å². The van der Waals surface area contributed by atoms with Crippen LogP contribution in [0.1, 0.15) is 44.2 Å². The Balaban J connectivity index is 1.27. The first-order valence-corrected chi connectivity index (χ1v) is 13.7. The molecule has 2 aliphatic rings. The van der Waals surface area contributed by atoms with Crippen LogP contribution in [0.2, 0.25) is 10.0 Å². The summed E-state index contributed by atoms with van der Waals surface area (Å²) in [6.45, 7) is 8.37. The van der Waals surface area contributed by atoms with E-state index in [0.29, 0.717) is 15.8 Å². The number of hydrogen-bond donors (Lipinski definition) is 1. The van der Waals surface area contributed by atoms with Gasteiger partial charge in [0.2, 0.25) is 0 Å². The summed E-state index contributed by atoms with van der Waals surface area (Å²) >= 11 is 12.6. The molecule has 10 heteroatoms. The SMILES string of the molecule is COCCN1CCC[C@H](C2CCN(c3cc(N[C@H](C)c4ccc(Cl)cc4Cl)n4ncnc4n3)CC2)C1. The number of piperidine rings is 2. The first-order valence-electron chi connectivity index (χ1n) is 12.9. The molecule has 2 fully saturated rings. The smallest absolute Gasteiger partial charge is 0.256 e. The average molecular weight is 533 g/mol. The molecule has 0 spiro atoms. The number of likely N-dealkylation sites (tertiary alicyclic amines) is 1. The van der Waals surface area contributed by atoms with Gasteiger partial charge >= 0.3 is 0 Å². The normalized spacial score (nSPS) is 20.7. The molecule has 2 aliphatic heterocycles. The Morgan fingerprint density at radius 2 is 1.94 bits per heavy atom. The van der Waals surface area contributed by atoms with Crippen LogP contribution in [-0.2, 0) is 4.74 Å². The molecule has 0 radical (unpaired) electrons. The van der Waals surface area contributed by atoms with E-state index in [4.69, 9.17) is 32.9 Å². The molecule has 2 aromatic heterocycles. The number of methoxy groups -OCH3 is 1. The summed E-state index contributed by atoms with van der Waals surface area (Å²) in [5.74, 6) is 3.93. The van der Waals surface area contributed by atoms with Crippen molar-refractivity contribution < 1.29 is 4.74 Å². The van der Waals surface area contributed by atoms with Crippen LogP contribution in [0.5, 0.6) is 0 Å². The second-order valence-electron chi connectivity index (χ2n) is 10.0. The minimum atomic E-state index is -0.0458. The van der Waals surface area contributed by atoms with E-state index in [-0.39, 0.29) is 6.04 Å². The highest BCUT2D eigenvalue weighted by Gasteiger charge is 2.30. The third-order valence-corrected chi connectivity index (χ3v) is 8.28. The summed E-state index contributed by atoms with van der Waals surface area (Å²) in [4.78, 5) is 14.2. The Labute approximate surface area is 222 Å². The number of ether oxygens (including phenoxy) is 1. The van der Waals surface area contributed by atoms with Gasteiger partial charge in [0, 0.05) is 49.4 Å². The van der Waals surface area contributed by atoms with E-state index in [9.17, 15) is 0 Å². The second-order valence-corrected chi connectivity index (χ2v) is 10.9. The molecule has 0 aliphatic carbocycles. The summed E-state index contributed by atoms with van der Waals surface area (Å²) in [6.07, 6.45) is 6.58. The van der Waals surface area contributed by atoms with Crippen LogP contribution in [0.4, 0.5) is 11.6 Å². The number of aromatic nitrogens is 4. The molecular weight excluding hydrogens is 497 g/mol. The van der Waals surface area contributed by atoms with Gasteiger partial charge in [-0.2, -0.15) is 19.6 Å². The van der Waals surface area contributed by atoms with Crippen molar-refractivity contribution >= 4 is 40.6 Å². The molecule has 3 aromatic rings. The molecule has 2 saturated heterocycles. The lowest BCUT2D eigenvalue weighted by atomic mass is 9.79. The maximum absolute atomic E-state index is 6.46. The molecule has 0 saturated carbocycles. The first kappa shape index (κ1) is 25.5. The number of nitrogens with one attached hydrogen (secondary N) is 1. The van der Waals surface area contributed by atoms with Gasteiger partial charge in [0.1, 0.15) is 18.0 Å². The Kier molecular flexibility index (Phi) is 8.15. The number of nitrogens with zero attached hydrogens (tertiary/aromatic N) is 6. The minimum absolute atomic E-state index is 0.0458. The number of hydrogen-bond acceptors (Lipinski definition) is 7. The minimum Gasteiger partial charge on any atom is -0.383 e. The fourth-order valence-electron chi connectivity index (χ4n) is 5.72. The van der Waals surface area contributed by atoms with Gasteiger partial charge < -0.3 is 19.9 Å². The van der Waals surface area contributed by atoms with Crippen molar-refractivity contribution in [2.45, 2.75) is 38.6 Å². The van der Waals surface area contributed by atoms with Crippen LogP contribution in [0.3, 0.4) is 0 Å². The fraction of sp³-hybridized carbons (Fsp3) is 0.577. The molecule has 0 bridgehead atoms. The van der Waals surface area contributed by atoms with Gasteiger partial charge in [-0.25, -0.2) is 0 Å². The fourth-order valence-corrected chi connectivity index (χ4v) is 6.29. The predicted molar refractivity (Wildman–Crippen MR) is 145 cm³/mol. The topological polar surface area (TPSA) is 70.8 Å². The lowest BCUT2D eigenvalue weighted by Gasteiger charge is -2.41. The summed E-state index contributed by atoms with van der Waals surface area (Å²) < 4.78 is 7.04. The molecule has 194 valence electrons. The van der Waals surface area contributed by atoms with Gasteiger partial charge in [-0.3, -0.25) is 0 Å². The Hall–Kier alpha value is -2.13. The molecule has 1 N–H and O–H groups in total. The molecule has 8 nitrogen and oxygen atoms in total. The van der Waals surface area contributed by atoms with E-state index in [1.807, 2.05) is 12.1 Å². The van der Waals surface area contributed by atoms with Crippen LogP contribution >= 0.6 is 23.2 Å². The maximum atomic E-state index is 6.46. The number of fused-ring (bicyclic) bond motifs is 1. The van der Waals surface area contributed by atoms with Crippen molar-refractivity contribution in [2.75, 3.05) is 56.7 Å². The third kappa shape index (κ3) is 5.72. The summed E-state index contributed by atoms with van der Waals surface area (Å²) in [5.41, 5.74) is 0.973. The van der Waals surface area contributed by atoms with Crippen molar-refractivity contribution in [1.82, 2.24) is 24.5 Å². The van der Waals surface area contributed by atoms with Crippen LogP contribution in [0, 0.1) is 11.8 Å². The summed E-state index contributed by atoms with van der Waals surface area (Å²) in [6, 6.07) is 7.62. The zero-order chi connectivity index (χ0) is 25.1. The van der Waals surface area contributed by atoms with Crippen LogP contribution in [0.25, 0.3) is 5.78 Å². The number of rotatable bonds is 8. The molecule has 5 rings (SSSR count). The molecule has 4 heterocycles. The van der Waals surface area contributed by atoms with Gasteiger partial charge in [0.15, 0.2) is 0 Å². The first-order chi connectivity index (χ1) is 17.5. The van der Waals surface area contributed by atoms with Crippen molar-refractivity contribution in [3.8, 4) is 0 Å². The van der Waals surface area contributed by atoms with Crippen LogP contribution in [0.15, 0.2) is 30.6 Å². The van der Waals surface area contributed by atoms with Gasteiger partial charge in [-0.1, -0.05) is 29.3 Å². The van der Waals surface area contributed by atoms with E-state index in [1.54, 1.807) is 24.0 Å². The van der Waals surface area contributed by atoms with Crippen LogP contribution in [-0.4, -0.2) is 70.9 Å². The van der Waals surface area contributed by atoms with Gasteiger partial charge in [0.25, 0.3) is 5.78 Å². The standard InChI is InChI=1S/C26H35Cl2N7O/c1-18(22-6-5-21(27)14-23(22)28)31-25-15-24(32-26-29-17-30-35(25)26)34-10-7-19(8-11-34)20-4-3-9-33(16-20)12-13-36-2/h5-6,14-15,17-20,31H,3-4,7-13,16H2,1-2H3/t18-,20+/m1/s1. The summed E-state index contributed by atoms with van der Waals surface area (Å²) in [5, 5.41) is 9.21. The van der Waals surface area contributed by atoms with Gasteiger partial charge in [0.05, 0.1) is 12.6 Å². The second kappa shape index (κ2) is 11.5. The highest BCUT2D eigenvalue weighted by Crippen LogP contribution is 2.34. The van der Waals surface area contributed by atoms with Crippen LogP contribution < -0.4 is 10.2 Å². The molecule has 1 aromatic carbocycles. The lowest BCUT2D eigenvalue weighted by Crippen LogP contribution is -2.43. The zero-order valence-corrected chi connectivity index (χ0v) is 22.5. The average Bonchev–Trinajstić information content (AvgIpc) is 3.37. The molecular formula is C26H35Cl2N7O. The van der Waals surface area contributed by atoms with E-state index in [2.05, 4.69) is 38.2 Å². The third-order valence-electron chi connectivity index (χ3n) is 7.72. The van der Waals surface area contributed by atoms with E-state index in [1.165, 1.54) is 38.8 Å². The quantitative estimate of drug-likeness (QED) is 0.429. The summed E-state index contributed by atoms with van der Waals surface area (Å²) in [7, 11) is 1.79. The molecule has 0 amide bonds. The van der Waals surface area contributed by atoms with Crippen molar-refractivity contribution in [2.24, 2.45) is 11.8 Å². The highest BCUT2D eigenvalue weighted by molar-refractivity contribution is 6.35. The molecule has 2 atom stereocenters. The Morgan fingerprint density at radius 3 is 2.72 bits per heavy atom. The van der Waals surface area contributed by atoms with Crippen molar-refractivity contribution in [3.05, 3.63) is 46.2 Å². The zero-order valence-electron chi connectivity index (χ0n) is 21.0. The van der Waals surface area contributed by atoms with E-state index >= 15 is 0 Å². The highest BCUT2D eigenvalue weighted by atomic mass is 35.5. The predicted octanol–water partition coefficient (Wildman–Crippen LogP) is 5.18. The Bertz CT molecular complexity index is 1160. The number of benzene rings is 1. The number of anilines is 2. The van der Waals surface area contributed by atoms with Gasteiger partial charge in [-0.15, -0.1) is 0 Å². The largest absolute Gasteiger partial charge is 0.383 e. The monoisotopic (exact) mass is 531 g/mol. The van der Waals surface area contributed by atoms with Crippen molar-refractivity contribution in [3.63, 3.8) is 0 Å². The molecule has 0 unspecified atom stereocenters. The lowest BCUT2D eigenvalue weighted by molar-refractivity contribution is 0.0891. The number of halogens is 2. The maximum Gasteiger partial charge on any atom is 0.256 e. The Morgan fingerprint density at radius 1 is 1.11 bits per heavy atom. The molecule has 36 heavy (non-hydrogen) atoms. The van der Waals surface area contributed by atoms with E-state index < -0.39 is 0 Å². The van der Waals surface area contributed by atoms with E-state index in [0.717, 1.165) is 55.3 Å².